The molecule has 3 rings (SSSR count). The maximum atomic E-state index is 12.4. The first-order valence-corrected chi connectivity index (χ1v) is 6.43. The van der Waals surface area contributed by atoms with Crippen molar-refractivity contribution in [3.05, 3.63) is 29.2 Å². The van der Waals surface area contributed by atoms with Crippen LogP contribution < -0.4 is 0 Å². The Balaban J connectivity index is 1.98. The van der Waals surface area contributed by atoms with Crippen molar-refractivity contribution < 1.29 is 17.7 Å². The van der Waals surface area contributed by atoms with Crippen LogP contribution in [0.2, 0.25) is 0 Å². The molecule has 0 amide bonds. The SMILES string of the molecule is Cc1nnc(-c2cc(-c3noc(C(F)(F)F)n3)ccn2)s1. The van der Waals surface area contributed by atoms with Gasteiger partial charge in [-0.15, -0.1) is 10.2 Å². The number of pyridine rings is 1. The van der Waals surface area contributed by atoms with Crippen LogP contribution in [0.15, 0.2) is 22.9 Å². The van der Waals surface area contributed by atoms with Crippen LogP contribution in [0.3, 0.4) is 0 Å². The van der Waals surface area contributed by atoms with Crippen LogP contribution in [-0.4, -0.2) is 25.3 Å². The average molecular weight is 313 g/mol. The highest BCUT2D eigenvalue weighted by molar-refractivity contribution is 7.14. The minimum absolute atomic E-state index is 0.160. The van der Waals surface area contributed by atoms with Gasteiger partial charge in [-0.25, -0.2) is 0 Å². The van der Waals surface area contributed by atoms with Crippen LogP contribution in [-0.2, 0) is 6.18 Å². The van der Waals surface area contributed by atoms with E-state index in [1.807, 2.05) is 0 Å². The highest BCUT2D eigenvalue weighted by atomic mass is 32.1. The van der Waals surface area contributed by atoms with E-state index < -0.39 is 12.1 Å². The molecule has 0 fully saturated rings. The summed E-state index contributed by atoms with van der Waals surface area (Å²) < 4.78 is 41.5. The molecule has 0 atom stereocenters. The lowest BCUT2D eigenvalue weighted by atomic mass is 10.2. The molecule has 3 aromatic rings. The van der Waals surface area contributed by atoms with E-state index in [4.69, 9.17) is 0 Å². The van der Waals surface area contributed by atoms with Crippen LogP contribution in [0, 0.1) is 6.92 Å². The first-order valence-electron chi connectivity index (χ1n) is 5.61. The summed E-state index contributed by atoms with van der Waals surface area (Å²) in [4.78, 5) is 7.43. The molecule has 6 nitrogen and oxygen atoms in total. The van der Waals surface area contributed by atoms with E-state index >= 15 is 0 Å². The molecule has 0 bridgehead atoms. The number of alkyl halides is 3. The lowest BCUT2D eigenvalue weighted by Crippen LogP contribution is -2.04. The van der Waals surface area contributed by atoms with Crippen LogP contribution >= 0.6 is 11.3 Å². The summed E-state index contributed by atoms with van der Waals surface area (Å²) >= 11 is 1.33. The molecule has 0 aliphatic rings. The Morgan fingerprint density at radius 2 is 2.05 bits per heavy atom. The van der Waals surface area contributed by atoms with E-state index in [0.29, 0.717) is 16.3 Å². The molecule has 10 heteroatoms. The number of hydrogen-bond acceptors (Lipinski definition) is 7. The molecule has 108 valence electrons. The molecule has 0 aromatic carbocycles. The van der Waals surface area contributed by atoms with Gasteiger partial charge in [0.25, 0.3) is 0 Å². The highest BCUT2D eigenvalue weighted by Crippen LogP contribution is 2.30. The maximum absolute atomic E-state index is 12.4. The first-order chi connectivity index (χ1) is 9.93. The number of aryl methyl sites for hydroxylation is 1. The Morgan fingerprint density at radius 3 is 2.67 bits per heavy atom. The zero-order valence-corrected chi connectivity index (χ0v) is 11.2. The summed E-state index contributed by atoms with van der Waals surface area (Å²) in [5, 5.41) is 12.4. The lowest BCUT2D eigenvalue weighted by molar-refractivity contribution is -0.159. The largest absolute Gasteiger partial charge is 0.471 e. The summed E-state index contributed by atoms with van der Waals surface area (Å²) in [5.74, 6) is -1.55. The third kappa shape index (κ3) is 2.75. The van der Waals surface area contributed by atoms with Crippen LogP contribution in [0.25, 0.3) is 22.1 Å². The van der Waals surface area contributed by atoms with Gasteiger partial charge in [0.15, 0.2) is 5.01 Å². The summed E-state index contributed by atoms with van der Waals surface area (Å²) in [5.41, 5.74) is 0.837. The summed E-state index contributed by atoms with van der Waals surface area (Å²) in [7, 11) is 0. The first kappa shape index (κ1) is 13.6. The Labute approximate surface area is 119 Å². The molecule has 3 heterocycles. The van der Waals surface area contributed by atoms with Gasteiger partial charge in [0.05, 0.1) is 0 Å². The van der Waals surface area contributed by atoms with Crippen molar-refractivity contribution in [2.75, 3.05) is 0 Å². The normalized spacial score (nSPS) is 11.8. The van der Waals surface area contributed by atoms with Gasteiger partial charge in [-0.3, -0.25) is 4.98 Å². The van der Waals surface area contributed by atoms with E-state index in [0.717, 1.165) is 5.01 Å². The Kier molecular flexibility index (Phi) is 3.16. The molecule has 0 unspecified atom stereocenters. The molecule has 3 aromatic heterocycles. The predicted molar refractivity (Wildman–Crippen MR) is 66.2 cm³/mol. The second-order valence-corrected chi connectivity index (χ2v) is 5.16. The highest BCUT2D eigenvalue weighted by Gasteiger charge is 2.38. The van der Waals surface area contributed by atoms with Gasteiger partial charge >= 0.3 is 12.1 Å². The topological polar surface area (TPSA) is 77.6 Å². The number of aromatic nitrogens is 5. The van der Waals surface area contributed by atoms with Crippen molar-refractivity contribution in [2.24, 2.45) is 0 Å². The van der Waals surface area contributed by atoms with Crippen molar-refractivity contribution in [3.8, 4) is 22.1 Å². The van der Waals surface area contributed by atoms with Gasteiger partial charge in [0.2, 0.25) is 5.82 Å². The summed E-state index contributed by atoms with van der Waals surface area (Å²) in [6.07, 6.45) is -3.23. The van der Waals surface area contributed by atoms with Crippen molar-refractivity contribution in [2.45, 2.75) is 13.1 Å². The smallest absolute Gasteiger partial charge is 0.329 e. The van der Waals surface area contributed by atoms with Gasteiger partial charge in [-0.05, 0) is 19.1 Å². The average Bonchev–Trinajstić information content (AvgIpc) is 3.07. The van der Waals surface area contributed by atoms with Gasteiger partial charge < -0.3 is 4.52 Å². The van der Waals surface area contributed by atoms with E-state index in [1.54, 1.807) is 6.92 Å². The Morgan fingerprint density at radius 1 is 1.24 bits per heavy atom. The van der Waals surface area contributed by atoms with Crippen LogP contribution in [0.4, 0.5) is 13.2 Å². The minimum Gasteiger partial charge on any atom is -0.329 e. The molecular weight excluding hydrogens is 307 g/mol. The molecule has 0 N–H and O–H groups in total. The van der Waals surface area contributed by atoms with Gasteiger partial charge in [0, 0.05) is 11.8 Å². The summed E-state index contributed by atoms with van der Waals surface area (Å²) in [6.45, 7) is 1.79. The third-order valence-corrected chi connectivity index (χ3v) is 3.29. The zero-order valence-electron chi connectivity index (χ0n) is 10.4. The fraction of sp³-hybridized carbons (Fsp3) is 0.182. The Hall–Kier alpha value is -2.36. The molecule has 0 saturated heterocycles. The zero-order chi connectivity index (χ0) is 15.0. The van der Waals surface area contributed by atoms with Gasteiger partial charge in [-0.1, -0.05) is 16.5 Å². The molecule has 0 aliphatic heterocycles. The molecule has 0 radical (unpaired) electrons. The minimum atomic E-state index is -4.67. The van der Waals surface area contributed by atoms with Gasteiger partial charge in [0.1, 0.15) is 10.7 Å². The van der Waals surface area contributed by atoms with E-state index in [1.165, 1.54) is 29.7 Å². The van der Waals surface area contributed by atoms with Crippen LogP contribution in [0.5, 0.6) is 0 Å². The quantitative estimate of drug-likeness (QED) is 0.724. The van der Waals surface area contributed by atoms with Crippen molar-refractivity contribution >= 4 is 11.3 Å². The molecular formula is C11H6F3N5OS. The molecule has 0 saturated carbocycles. The molecule has 0 aliphatic carbocycles. The maximum Gasteiger partial charge on any atom is 0.471 e. The number of nitrogens with zero attached hydrogens (tertiary/aromatic N) is 5. The van der Waals surface area contributed by atoms with E-state index in [-0.39, 0.29) is 5.82 Å². The Bertz CT molecular complexity index is 782. The number of halogens is 3. The second kappa shape index (κ2) is 4.88. The number of hydrogen-bond donors (Lipinski definition) is 0. The van der Waals surface area contributed by atoms with Crippen LogP contribution in [0.1, 0.15) is 10.9 Å². The van der Waals surface area contributed by atoms with Crippen molar-refractivity contribution in [1.29, 1.82) is 0 Å². The fourth-order valence-electron chi connectivity index (χ4n) is 1.54. The monoisotopic (exact) mass is 313 g/mol. The summed E-state index contributed by atoms with van der Waals surface area (Å²) in [6, 6.07) is 3.02. The standard InChI is InChI=1S/C11H6F3N5OS/c1-5-17-18-9(21-5)7-4-6(2-3-15-7)8-16-10(20-19-8)11(12,13)14/h2-4H,1H3. The predicted octanol–water partition coefficient (Wildman–Crippen LogP) is 2.98. The lowest BCUT2D eigenvalue weighted by Gasteiger charge is -1.98. The second-order valence-electron chi connectivity index (χ2n) is 3.98. The molecule has 21 heavy (non-hydrogen) atoms. The van der Waals surface area contributed by atoms with E-state index in [2.05, 4.69) is 29.8 Å². The fourth-order valence-corrected chi connectivity index (χ4v) is 2.20. The molecule has 0 spiro atoms. The van der Waals surface area contributed by atoms with E-state index in [9.17, 15) is 13.2 Å². The third-order valence-electron chi connectivity index (χ3n) is 2.43. The number of rotatable bonds is 2. The van der Waals surface area contributed by atoms with Gasteiger partial charge in [-0.2, -0.15) is 18.2 Å². The van der Waals surface area contributed by atoms with Crippen molar-refractivity contribution in [3.63, 3.8) is 0 Å². The van der Waals surface area contributed by atoms with Crippen molar-refractivity contribution in [1.82, 2.24) is 25.3 Å².